The maximum absolute atomic E-state index is 12.1. The molecule has 1 aliphatic carbocycles. The number of nitrogens with one attached hydrogen (secondary N) is 2. The molecule has 3 rings (SSSR count). The molecule has 0 radical (unpaired) electrons. The number of anilines is 2. The lowest BCUT2D eigenvalue weighted by Gasteiger charge is -2.07. The fourth-order valence-corrected chi connectivity index (χ4v) is 2.30. The molecule has 0 aromatic heterocycles. The predicted molar refractivity (Wildman–Crippen MR) is 89.9 cm³/mol. The Morgan fingerprint density at radius 1 is 0.864 bits per heavy atom. The first-order valence-corrected chi connectivity index (χ1v) is 7.89. The molecule has 0 saturated heterocycles. The van der Waals surface area contributed by atoms with E-state index in [1.54, 1.807) is 24.3 Å². The van der Waals surface area contributed by atoms with Crippen LogP contribution in [0.4, 0.5) is 11.4 Å². The average molecular weight is 359 g/mol. The van der Waals surface area contributed by atoms with E-state index in [4.69, 9.17) is 0 Å². The van der Waals surface area contributed by atoms with Crippen molar-refractivity contribution in [1.29, 1.82) is 0 Å². The summed E-state index contributed by atoms with van der Waals surface area (Å²) in [6.07, 6.45) is 1.94. The molecule has 2 N–H and O–H groups in total. The summed E-state index contributed by atoms with van der Waals surface area (Å²) in [7, 11) is 0. The van der Waals surface area contributed by atoms with E-state index in [0.29, 0.717) is 5.56 Å². The first-order valence-electron chi connectivity index (χ1n) is 7.10. The zero-order valence-electron chi connectivity index (χ0n) is 11.8. The second-order valence-electron chi connectivity index (χ2n) is 5.30. The van der Waals surface area contributed by atoms with Gasteiger partial charge in [-0.05, 0) is 61.4 Å². The van der Waals surface area contributed by atoms with Crippen LogP contribution in [0, 0.1) is 5.92 Å². The van der Waals surface area contributed by atoms with Gasteiger partial charge in [-0.25, -0.2) is 0 Å². The molecule has 0 atom stereocenters. The van der Waals surface area contributed by atoms with E-state index in [0.717, 1.165) is 28.7 Å². The smallest absolute Gasteiger partial charge is 0.255 e. The molecule has 5 heteroatoms. The van der Waals surface area contributed by atoms with Crippen molar-refractivity contribution in [2.75, 3.05) is 10.6 Å². The molecule has 0 spiro atoms. The molecule has 0 heterocycles. The van der Waals surface area contributed by atoms with Crippen LogP contribution in [0.15, 0.2) is 53.0 Å². The van der Waals surface area contributed by atoms with Crippen LogP contribution in [-0.4, -0.2) is 11.8 Å². The van der Waals surface area contributed by atoms with Gasteiger partial charge in [0.15, 0.2) is 0 Å². The first kappa shape index (κ1) is 14.8. The van der Waals surface area contributed by atoms with Crippen LogP contribution in [-0.2, 0) is 4.79 Å². The molecule has 2 aromatic carbocycles. The summed E-state index contributed by atoms with van der Waals surface area (Å²) in [6.45, 7) is 0. The van der Waals surface area contributed by atoms with E-state index in [2.05, 4.69) is 26.6 Å². The third-order valence-corrected chi connectivity index (χ3v) is 3.99. The summed E-state index contributed by atoms with van der Waals surface area (Å²) in [5, 5.41) is 5.68. The van der Waals surface area contributed by atoms with E-state index >= 15 is 0 Å². The second kappa shape index (κ2) is 6.32. The van der Waals surface area contributed by atoms with Crippen LogP contribution in [0.1, 0.15) is 23.2 Å². The number of hydrogen-bond donors (Lipinski definition) is 2. The van der Waals surface area contributed by atoms with Gasteiger partial charge < -0.3 is 10.6 Å². The number of amides is 2. The lowest BCUT2D eigenvalue weighted by molar-refractivity contribution is -0.117. The standard InChI is InChI=1S/C17H15BrN2O2/c18-13-5-9-15(10-6-13)20-17(22)12-3-7-14(8-4-12)19-16(21)11-1-2-11/h3-11H,1-2H2,(H,19,21)(H,20,22). The van der Waals surface area contributed by atoms with Crippen molar-refractivity contribution in [3.8, 4) is 0 Å². The van der Waals surface area contributed by atoms with Gasteiger partial charge in [-0.1, -0.05) is 15.9 Å². The number of rotatable bonds is 4. The normalized spacial score (nSPS) is 13.5. The maximum atomic E-state index is 12.1. The quantitative estimate of drug-likeness (QED) is 0.865. The highest BCUT2D eigenvalue weighted by atomic mass is 79.9. The zero-order chi connectivity index (χ0) is 15.5. The molecule has 1 saturated carbocycles. The lowest BCUT2D eigenvalue weighted by atomic mass is 10.2. The zero-order valence-corrected chi connectivity index (χ0v) is 13.4. The van der Waals surface area contributed by atoms with E-state index in [9.17, 15) is 9.59 Å². The number of benzene rings is 2. The SMILES string of the molecule is O=C(Nc1ccc(Br)cc1)c1ccc(NC(=O)C2CC2)cc1. The number of halogens is 1. The van der Waals surface area contributed by atoms with E-state index < -0.39 is 0 Å². The molecule has 1 aliphatic rings. The molecule has 2 amide bonds. The Hall–Kier alpha value is -2.14. The lowest BCUT2D eigenvalue weighted by Crippen LogP contribution is -2.14. The van der Waals surface area contributed by atoms with Crippen molar-refractivity contribution in [1.82, 2.24) is 0 Å². The molecule has 0 bridgehead atoms. The van der Waals surface area contributed by atoms with Gasteiger partial charge in [0.2, 0.25) is 5.91 Å². The maximum Gasteiger partial charge on any atom is 0.255 e. The number of carbonyl (C=O) groups excluding carboxylic acids is 2. The Bertz CT molecular complexity index is 692. The van der Waals surface area contributed by atoms with Crippen LogP contribution in [0.25, 0.3) is 0 Å². The highest BCUT2D eigenvalue weighted by molar-refractivity contribution is 9.10. The van der Waals surface area contributed by atoms with E-state index in [1.165, 1.54) is 0 Å². The molecular weight excluding hydrogens is 344 g/mol. The summed E-state index contributed by atoms with van der Waals surface area (Å²) >= 11 is 3.35. The van der Waals surface area contributed by atoms with Crippen LogP contribution in [0.2, 0.25) is 0 Å². The Kier molecular flexibility index (Phi) is 4.24. The molecule has 1 fully saturated rings. The minimum atomic E-state index is -0.178. The van der Waals surface area contributed by atoms with Gasteiger partial charge >= 0.3 is 0 Å². The van der Waals surface area contributed by atoms with Gasteiger partial charge in [0.25, 0.3) is 5.91 Å². The molecule has 0 unspecified atom stereocenters. The fourth-order valence-electron chi connectivity index (χ4n) is 2.03. The highest BCUT2D eigenvalue weighted by Crippen LogP contribution is 2.30. The van der Waals surface area contributed by atoms with Gasteiger partial charge in [-0.15, -0.1) is 0 Å². The van der Waals surface area contributed by atoms with Crippen LogP contribution >= 0.6 is 15.9 Å². The van der Waals surface area contributed by atoms with Crippen molar-refractivity contribution in [2.45, 2.75) is 12.8 Å². The second-order valence-corrected chi connectivity index (χ2v) is 6.22. The molecule has 2 aromatic rings. The van der Waals surface area contributed by atoms with Crippen molar-refractivity contribution in [3.63, 3.8) is 0 Å². The van der Waals surface area contributed by atoms with Crippen LogP contribution in [0.3, 0.4) is 0 Å². The third kappa shape index (κ3) is 3.74. The van der Waals surface area contributed by atoms with E-state index in [1.807, 2.05) is 24.3 Å². The van der Waals surface area contributed by atoms with Gasteiger partial charge in [0.05, 0.1) is 0 Å². The largest absolute Gasteiger partial charge is 0.326 e. The van der Waals surface area contributed by atoms with Gasteiger partial charge in [0, 0.05) is 27.3 Å². The Balaban J connectivity index is 1.62. The van der Waals surface area contributed by atoms with Gasteiger partial charge in [-0.3, -0.25) is 9.59 Å². The molecule has 0 aliphatic heterocycles. The Morgan fingerprint density at radius 3 is 2.00 bits per heavy atom. The fraction of sp³-hybridized carbons (Fsp3) is 0.176. The van der Waals surface area contributed by atoms with Crippen LogP contribution < -0.4 is 10.6 Å². The molecule has 22 heavy (non-hydrogen) atoms. The average Bonchev–Trinajstić information content (AvgIpc) is 3.35. The predicted octanol–water partition coefficient (Wildman–Crippen LogP) is 4.05. The number of carbonyl (C=O) groups is 2. The summed E-state index contributed by atoms with van der Waals surface area (Å²) in [6, 6.07) is 14.3. The molecule has 4 nitrogen and oxygen atoms in total. The summed E-state index contributed by atoms with van der Waals surface area (Å²) < 4.78 is 0.959. The molecule has 112 valence electrons. The minimum absolute atomic E-state index is 0.0621. The monoisotopic (exact) mass is 358 g/mol. The van der Waals surface area contributed by atoms with Crippen molar-refractivity contribution < 1.29 is 9.59 Å². The van der Waals surface area contributed by atoms with Gasteiger partial charge in [0.1, 0.15) is 0 Å². The highest BCUT2D eigenvalue weighted by Gasteiger charge is 2.29. The topological polar surface area (TPSA) is 58.2 Å². The Labute approximate surface area is 137 Å². The summed E-state index contributed by atoms with van der Waals surface area (Å²) in [5.41, 5.74) is 2.00. The van der Waals surface area contributed by atoms with Crippen molar-refractivity contribution in [3.05, 3.63) is 58.6 Å². The summed E-state index contributed by atoms with van der Waals surface area (Å²) in [4.78, 5) is 23.8. The third-order valence-electron chi connectivity index (χ3n) is 3.46. The van der Waals surface area contributed by atoms with Crippen molar-refractivity contribution >= 4 is 39.1 Å². The van der Waals surface area contributed by atoms with Gasteiger partial charge in [-0.2, -0.15) is 0 Å². The minimum Gasteiger partial charge on any atom is -0.326 e. The van der Waals surface area contributed by atoms with Crippen LogP contribution in [0.5, 0.6) is 0 Å². The summed E-state index contributed by atoms with van der Waals surface area (Å²) in [5.74, 6) is 0.0508. The number of hydrogen-bond acceptors (Lipinski definition) is 2. The molecular formula is C17H15BrN2O2. The van der Waals surface area contributed by atoms with E-state index in [-0.39, 0.29) is 17.7 Å². The van der Waals surface area contributed by atoms with Crippen molar-refractivity contribution in [2.24, 2.45) is 5.92 Å². The Morgan fingerprint density at radius 2 is 1.41 bits per heavy atom. The first-order chi connectivity index (χ1) is 10.6.